The molecule has 4 heterocycles. The molecule has 4 rings (SSSR count). The Labute approximate surface area is 136 Å². The molecule has 0 amide bonds. The third-order valence-corrected chi connectivity index (χ3v) is 5.20. The van der Waals surface area contributed by atoms with Crippen LogP contribution in [0.2, 0.25) is 0 Å². The molecule has 2 aromatic rings. The van der Waals surface area contributed by atoms with Gasteiger partial charge >= 0.3 is 0 Å². The van der Waals surface area contributed by atoms with Crippen LogP contribution in [0.25, 0.3) is 0 Å². The average Bonchev–Trinajstić information content (AvgIpc) is 3.09. The zero-order valence-electron chi connectivity index (χ0n) is 13.9. The summed E-state index contributed by atoms with van der Waals surface area (Å²) >= 11 is 0. The van der Waals surface area contributed by atoms with Gasteiger partial charge in [0.2, 0.25) is 0 Å². The van der Waals surface area contributed by atoms with Gasteiger partial charge < -0.3 is 9.80 Å². The summed E-state index contributed by atoms with van der Waals surface area (Å²) in [6.45, 7) is 10.4. The predicted molar refractivity (Wildman–Crippen MR) is 89.7 cm³/mol. The standard InChI is InChI=1S/C17H22N6/c1-11-4-5-16(21-20-11)22-6-14-8-23(9-15(14)7-22)17-12(2)13(3)18-10-19-17/h4-5,10,14-15H,6-9H2,1-3H3. The van der Waals surface area contributed by atoms with Crippen LogP contribution < -0.4 is 9.80 Å². The van der Waals surface area contributed by atoms with Crippen molar-refractivity contribution in [3.63, 3.8) is 0 Å². The van der Waals surface area contributed by atoms with E-state index >= 15 is 0 Å². The van der Waals surface area contributed by atoms with Crippen molar-refractivity contribution in [1.82, 2.24) is 20.2 Å². The lowest BCUT2D eigenvalue weighted by Gasteiger charge is -2.24. The van der Waals surface area contributed by atoms with Gasteiger partial charge in [-0.3, -0.25) is 0 Å². The van der Waals surface area contributed by atoms with Crippen LogP contribution >= 0.6 is 0 Å². The fourth-order valence-electron chi connectivity index (χ4n) is 3.76. The second-order valence-electron chi connectivity index (χ2n) is 6.77. The van der Waals surface area contributed by atoms with Gasteiger partial charge in [0, 0.05) is 49.3 Å². The summed E-state index contributed by atoms with van der Waals surface area (Å²) in [5.41, 5.74) is 3.24. The first-order chi connectivity index (χ1) is 11.1. The van der Waals surface area contributed by atoms with Gasteiger partial charge in [-0.05, 0) is 32.9 Å². The highest BCUT2D eigenvalue weighted by molar-refractivity contribution is 5.50. The molecule has 2 saturated heterocycles. The van der Waals surface area contributed by atoms with Gasteiger partial charge in [0.1, 0.15) is 12.1 Å². The molecule has 6 heteroatoms. The molecule has 2 unspecified atom stereocenters. The van der Waals surface area contributed by atoms with Crippen molar-refractivity contribution in [2.45, 2.75) is 20.8 Å². The molecular weight excluding hydrogens is 288 g/mol. The van der Waals surface area contributed by atoms with E-state index < -0.39 is 0 Å². The van der Waals surface area contributed by atoms with E-state index in [9.17, 15) is 0 Å². The molecule has 0 N–H and O–H groups in total. The van der Waals surface area contributed by atoms with Crippen molar-refractivity contribution in [1.29, 1.82) is 0 Å². The van der Waals surface area contributed by atoms with Crippen LogP contribution in [0, 0.1) is 32.6 Å². The maximum Gasteiger partial charge on any atom is 0.151 e. The first-order valence-electron chi connectivity index (χ1n) is 8.20. The molecule has 2 atom stereocenters. The molecule has 0 aromatic carbocycles. The highest BCUT2D eigenvalue weighted by atomic mass is 15.3. The van der Waals surface area contributed by atoms with Gasteiger partial charge in [-0.15, -0.1) is 5.10 Å². The summed E-state index contributed by atoms with van der Waals surface area (Å²) in [6.07, 6.45) is 1.68. The quantitative estimate of drug-likeness (QED) is 0.842. The number of aromatic nitrogens is 4. The fraction of sp³-hybridized carbons (Fsp3) is 0.529. The summed E-state index contributed by atoms with van der Waals surface area (Å²) in [4.78, 5) is 13.6. The van der Waals surface area contributed by atoms with E-state index in [0.29, 0.717) is 11.8 Å². The van der Waals surface area contributed by atoms with E-state index in [-0.39, 0.29) is 0 Å². The molecule has 0 saturated carbocycles. The van der Waals surface area contributed by atoms with Crippen molar-refractivity contribution < 1.29 is 0 Å². The number of fused-ring (bicyclic) bond motifs is 1. The highest BCUT2D eigenvalue weighted by Crippen LogP contribution is 2.35. The van der Waals surface area contributed by atoms with E-state index in [2.05, 4.69) is 49.9 Å². The largest absolute Gasteiger partial charge is 0.356 e. The number of aryl methyl sites for hydroxylation is 2. The van der Waals surface area contributed by atoms with Crippen molar-refractivity contribution in [3.8, 4) is 0 Å². The lowest BCUT2D eigenvalue weighted by molar-refractivity contribution is 0.533. The van der Waals surface area contributed by atoms with Crippen LogP contribution in [0.4, 0.5) is 11.6 Å². The Hall–Kier alpha value is -2.24. The second kappa shape index (κ2) is 5.44. The molecule has 120 valence electrons. The Bertz CT molecular complexity index is 700. The molecule has 0 radical (unpaired) electrons. The molecule has 2 aliphatic rings. The highest BCUT2D eigenvalue weighted by Gasteiger charge is 2.41. The monoisotopic (exact) mass is 310 g/mol. The Kier molecular flexibility index (Phi) is 3.39. The smallest absolute Gasteiger partial charge is 0.151 e. The van der Waals surface area contributed by atoms with Crippen molar-refractivity contribution in [2.75, 3.05) is 36.0 Å². The Balaban J connectivity index is 1.48. The summed E-state index contributed by atoms with van der Waals surface area (Å²) in [5.74, 6) is 3.46. The zero-order valence-corrected chi connectivity index (χ0v) is 13.9. The van der Waals surface area contributed by atoms with Crippen molar-refractivity contribution >= 4 is 11.6 Å². The van der Waals surface area contributed by atoms with Gasteiger partial charge in [0.05, 0.1) is 5.69 Å². The number of hydrogen-bond donors (Lipinski definition) is 0. The molecule has 0 spiro atoms. The first kappa shape index (κ1) is 14.4. The molecule has 2 aliphatic heterocycles. The SMILES string of the molecule is Cc1ccc(N2CC3CN(c4ncnc(C)c4C)CC3C2)nn1. The van der Waals surface area contributed by atoms with Crippen LogP contribution in [-0.2, 0) is 0 Å². The van der Waals surface area contributed by atoms with Gasteiger partial charge in [-0.25, -0.2) is 9.97 Å². The van der Waals surface area contributed by atoms with Crippen LogP contribution in [-0.4, -0.2) is 46.3 Å². The predicted octanol–water partition coefficient (Wildman–Crippen LogP) is 1.76. The Morgan fingerprint density at radius 3 is 2.22 bits per heavy atom. The number of nitrogens with zero attached hydrogens (tertiary/aromatic N) is 6. The second-order valence-corrected chi connectivity index (χ2v) is 6.77. The summed E-state index contributed by atoms with van der Waals surface area (Å²) in [7, 11) is 0. The van der Waals surface area contributed by atoms with Crippen molar-refractivity contribution in [3.05, 3.63) is 35.4 Å². The number of anilines is 2. The topological polar surface area (TPSA) is 58.0 Å². The fourth-order valence-corrected chi connectivity index (χ4v) is 3.76. The minimum absolute atomic E-state index is 0.674. The lowest BCUT2D eigenvalue weighted by atomic mass is 10.0. The number of rotatable bonds is 2. The van der Waals surface area contributed by atoms with E-state index in [4.69, 9.17) is 0 Å². The normalized spacial score (nSPS) is 23.4. The minimum atomic E-state index is 0.674. The Morgan fingerprint density at radius 1 is 0.870 bits per heavy atom. The van der Waals surface area contributed by atoms with Crippen LogP contribution in [0.5, 0.6) is 0 Å². The van der Waals surface area contributed by atoms with Crippen molar-refractivity contribution in [2.24, 2.45) is 11.8 Å². The van der Waals surface area contributed by atoms with Gasteiger partial charge in [-0.2, -0.15) is 5.10 Å². The Morgan fingerprint density at radius 2 is 1.57 bits per heavy atom. The zero-order chi connectivity index (χ0) is 16.0. The number of hydrogen-bond acceptors (Lipinski definition) is 6. The maximum absolute atomic E-state index is 4.51. The van der Waals surface area contributed by atoms with Crippen LogP contribution in [0.3, 0.4) is 0 Å². The third kappa shape index (κ3) is 2.52. The molecule has 2 aromatic heterocycles. The third-order valence-electron chi connectivity index (χ3n) is 5.20. The van der Waals surface area contributed by atoms with E-state index in [0.717, 1.165) is 49.2 Å². The van der Waals surface area contributed by atoms with Gasteiger partial charge in [0.15, 0.2) is 5.82 Å². The molecule has 6 nitrogen and oxygen atoms in total. The minimum Gasteiger partial charge on any atom is -0.356 e. The molecule has 0 bridgehead atoms. The molecule has 2 fully saturated rings. The van der Waals surface area contributed by atoms with E-state index in [1.807, 2.05) is 13.0 Å². The van der Waals surface area contributed by atoms with Gasteiger partial charge in [-0.1, -0.05) is 0 Å². The summed E-state index contributed by atoms with van der Waals surface area (Å²) in [6, 6.07) is 4.12. The molecular formula is C17H22N6. The molecule has 0 aliphatic carbocycles. The van der Waals surface area contributed by atoms with E-state index in [1.165, 1.54) is 5.56 Å². The summed E-state index contributed by atoms with van der Waals surface area (Å²) in [5, 5.41) is 8.51. The lowest BCUT2D eigenvalue weighted by Crippen LogP contribution is -2.30. The summed E-state index contributed by atoms with van der Waals surface area (Å²) < 4.78 is 0. The maximum atomic E-state index is 4.51. The van der Waals surface area contributed by atoms with Crippen LogP contribution in [0.1, 0.15) is 17.0 Å². The molecule has 23 heavy (non-hydrogen) atoms. The van der Waals surface area contributed by atoms with Gasteiger partial charge in [0.25, 0.3) is 0 Å². The average molecular weight is 310 g/mol. The first-order valence-corrected chi connectivity index (χ1v) is 8.20. The van der Waals surface area contributed by atoms with E-state index in [1.54, 1.807) is 6.33 Å². The van der Waals surface area contributed by atoms with Crippen LogP contribution in [0.15, 0.2) is 18.5 Å².